The molecule has 0 saturated carbocycles. The average molecular weight is 356 g/mol. The van der Waals surface area contributed by atoms with Crippen LogP contribution in [0.1, 0.15) is 32.6 Å². The van der Waals surface area contributed by atoms with Gasteiger partial charge in [0.2, 0.25) is 0 Å². The summed E-state index contributed by atoms with van der Waals surface area (Å²) in [5, 5.41) is 6.60. The first-order chi connectivity index (χ1) is 11.0. The maximum Gasteiger partial charge on any atom is 0.328 e. The minimum Gasteiger partial charge on any atom is -0.362 e. The van der Waals surface area contributed by atoms with Gasteiger partial charge < -0.3 is 10.6 Å². The number of anilines is 1. The van der Waals surface area contributed by atoms with Gasteiger partial charge in [0.05, 0.1) is 13.0 Å². The SMILES string of the molecule is CCCCNC(=S)Nc1cccc(S(=O)(=O)NC2=[NH+]CCC2)c1. The monoisotopic (exact) mass is 355 g/mol. The lowest BCUT2D eigenvalue weighted by atomic mass is 10.3. The fourth-order valence-electron chi connectivity index (χ4n) is 2.20. The second-order valence-electron chi connectivity index (χ2n) is 5.38. The molecule has 1 heterocycles. The molecule has 1 aromatic rings. The van der Waals surface area contributed by atoms with Gasteiger partial charge in [-0.3, -0.25) is 4.99 Å². The summed E-state index contributed by atoms with van der Waals surface area (Å²) < 4.78 is 27.4. The van der Waals surface area contributed by atoms with Gasteiger partial charge in [0.1, 0.15) is 4.90 Å². The first-order valence-electron chi connectivity index (χ1n) is 7.78. The highest BCUT2D eigenvalue weighted by Crippen LogP contribution is 2.15. The third-order valence-corrected chi connectivity index (χ3v) is 5.05. The molecule has 0 spiro atoms. The van der Waals surface area contributed by atoms with Gasteiger partial charge in [-0.15, -0.1) is 0 Å². The smallest absolute Gasteiger partial charge is 0.328 e. The number of hydrogen-bond acceptors (Lipinski definition) is 3. The molecule has 0 amide bonds. The Balaban J connectivity index is 2.02. The second kappa shape index (κ2) is 8.26. The molecule has 2 rings (SSSR count). The van der Waals surface area contributed by atoms with Crippen LogP contribution in [0.4, 0.5) is 5.69 Å². The number of rotatable bonds is 6. The molecule has 0 fully saturated rings. The van der Waals surface area contributed by atoms with E-state index in [0.717, 1.165) is 38.8 Å². The molecule has 4 N–H and O–H groups in total. The number of thiocarbonyl (C=S) groups is 1. The minimum atomic E-state index is -3.58. The standard InChI is InChI=1S/C15H22N4O2S2/c1-2-3-9-17-15(22)18-12-6-4-7-13(11-12)23(20,21)19-14-8-5-10-16-14/h4,6-7,11H,2-3,5,8-10H2,1H3,(H,16,19)(H2,17,18,22)/p+1. The third kappa shape index (κ3) is 5.47. The Morgan fingerprint density at radius 2 is 2.22 bits per heavy atom. The predicted molar refractivity (Wildman–Crippen MR) is 96.0 cm³/mol. The van der Waals surface area contributed by atoms with Gasteiger partial charge in [-0.2, -0.15) is 13.1 Å². The van der Waals surface area contributed by atoms with Crippen molar-refractivity contribution in [3.05, 3.63) is 24.3 Å². The summed E-state index contributed by atoms with van der Waals surface area (Å²) in [4.78, 5) is 3.25. The van der Waals surface area contributed by atoms with E-state index in [1.165, 1.54) is 0 Å². The summed E-state index contributed by atoms with van der Waals surface area (Å²) in [5.41, 5.74) is 0.645. The van der Waals surface area contributed by atoms with Crippen LogP contribution in [-0.2, 0) is 10.0 Å². The lowest BCUT2D eigenvalue weighted by molar-refractivity contribution is -0.448. The van der Waals surface area contributed by atoms with Crippen LogP contribution in [0.15, 0.2) is 29.2 Å². The Morgan fingerprint density at radius 1 is 1.39 bits per heavy atom. The molecule has 23 heavy (non-hydrogen) atoms. The Bertz CT molecular complexity index is 686. The van der Waals surface area contributed by atoms with Crippen molar-refractivity contribution < 1.29 is 13.4 Å². The van der Waals surface area contributed by atoms with Gasteiger partial charge in [0.25, 0.3) is 5.84 Å². The Kier molecular flexibility index (Phi) is 6.35. The zero-order valence-corrected chi connectivity index (χ0v) is 14.8. The summed E-state index contributed by atoms with van der Waals surface area (Å²) in [5.74, 6) is 0.653. The van der Waals surface area contributed by atoms with Gasteiger partial charge in [0.15, 0.2) is 5.11 Å². The fraction of sp³-hybridized carbons (Fsp3) is 0.467. The maximum absolute atomic E-state index is 12.4. The van der Waals surface area contributed by atoms with Gasteiger partial charge in [-0.05, 0) is 43.3 Å². The van der Waals surface area contributed by atoms with Crippen molar-refractivity contribution in [3.63, 3.8) is 0 Å². The third-order valence-electron chi connectivity index (χ3n) is 3.42. The molecule has 0 bridgehead atoms. The summed E-state index contributed by atoms with van der Waals surface area (Å²) in [6, 6.07) is 6.62. The fourth-order valence-corrected chi connectivity index (χ4v) is 3.57. The molecule has 0 unspecified atom stereocenters. The summed E-state index contributed by atoms with van der Waals surface area (Å²) in [6.07, 6.45) is 3.79. The number of benzene rings is 1. The molecule has 0 aliphatic carbocycles. The van der Waals surface area contributed by atoms with Crippen molar-refractivity contribution in [3.8, 4) is 0 Å². The molecular weight excluding hydrogens is 332 g/mol. The molecule has 6 nitrogen and oxygen atoms in total. The zero-order chi connectivity index (χ0) is 16.7. The number of nitrogens with one attached hydrogen (secondary N) is 4. The lowest BCUT2D eigenvalue weighted by Crippen LogP contribution is -2.72. The van der Waals surface area contributed by atoms with Gasteiger partial charge in [-0.25, -0.2) is 0 Å². The Hall–Kier alpha value is -1.67. The number of hydrogen-bond donors (Lipinski definition) is 4. The van der Waals surface area contributed by atoms with E-state index < -0.39 is 10.0 Å². The second-order valence-corrected chi connectivity index (χ2v) is 7.47. The van der Waals surface area contributed by atoms with Crippen molar-refractivity contribution in [1.29, 1.82) is 0 Å². The van der Waals surface area contributed by atoms with Crippen LogP contribution in [0.3, 0.4) is 0 Å². The average Bonchev–Trinajstić information content (AvgIpc) is 3.00. The Morgan fingerprint density at radius 3 is 2.91 bits per heavy atom. The molecule has 126 valence electrons. The summed E-state index contributed by atoms with van der Waals surface area (Å²) in [7, 11) is -3.58. The zero-order valence-electron chi connectivity index (χ0n) is 13.2. The quantitative estimate of drug-likeness (QED) is 0.436. The summed E-state index contributed by atoms with van der Waals surface area (Å²) >= 11 is 5.20. The highest BCUT2D eigenvalue weighted by atomic mass is 32.2. The van der Waals surface area contributed by atoms with Crippen LogP contribution in [-0.4, -0.2) is 32.5 Å². The van der Waals surface area contributed by atoms with E-state index in [9.17, 15) is 8.42 Å². The maximum atomic E-state index is 12.4. The van der Waals surface area contributed by atoms with E-state index in [1.54, 1.807) is 24.3 Å². The normalized spacial score (nSPS) is 14.2. The molecule has 0 radical (unpaired) electrons. The van der Waals surface area contributed by atoms with E-state index in [1.807, 2.05) is 0 Å². The van der Waals surface area contributed by atoms with Crippen molar-refractivity contribution in [2.45, 2.75) is 37.5 Å². The van der Waals surface area contributed by atoms with E-state index in [0.29, 0.717) is 16.6 Å². The Labute approximate surface area is 142 Å². The van der Waals surface area contributed by atoms with Crippen LogP contribution in [0.25, 0.3) is 0 Å². The van der Waals surface area contributed by atoms with Crippen LogP contribution in [0.2, 0.25) is 0 Å². The van der Waals surface area contributed by atoms with Crippen LogP contribution in [0.5, 0.6) is 0 Å². The predicted octanol–water partition coefficient (Wildman–Crippen LogP) is 0.324. The summed E-state index contributed by atoms with van der Waals surface area (Å²) in [6.45, 7) is 3.71. The highest BCUT2D eigenvalue weighted by molar-refractivity contribution is 7.90. The van der Waals surface area contributed by atoms with Crippen molar-refractivity contribution >= 4 is 38.9 Å². The highest BCUT2D eigenvalue weighted by Gasteiger charge is 2.24. The molecule has 1 aliphatic rings. The number of amidine groups is 1. The minimum absolute atomic E-state index is 0.208. The van der Waals surface area contributed by atoms with Crippen LogP contribution in [0, 0.1) is 0 Å². The topological polar surface area (TPSA) is 84.2 Å². The number of unbranched alkanes of at least 4 members (excludes halogenated alkanes) is 1. The van der Waals surface area contributed by atoms with E-state index in [4.69, 9.17) is 12.2 Å². The van der Waals surface area contributed by atoms with Crippen molar-refractivity contribution in [2.24, 2.45) is 0 Å². The molecule has 0 saturated heterocycles. The first-order valence-corrected chi connectivity index (χ1v) is 9.68. The van der Waals surface area contributed by atoms with Gasteiger partial charge in [0, 0.05) is 12.2 Å². The van der Waals surface area contributed by atoms with Crippen molar-refractivity contribution in [1.82, 2.24) is 10.0 Å². The first kappa shape index (κ1) is 17.7. The van der Waals surface area contributed by atoms with Gasteiger partial charge in [-0.1, -0.05) is 19.4 Å². The molecule has 0 aromatic heterocycles. The molecule has 8 heteroatoms. The van der Waals surface area contributed by atoms with Crippen LogP contribution < -0.4 is 20.3 Å². The van der Waals surface area contributed by atoms with E-state index in [2.05, 4.69) is 27.3 Å². The largest absolute Gasteiger partial charge is 0.362 e. The van der Waals surface area contributed by atoms with E-state index in [-0.39, 0.29) is 4.90 Å². The number of sulfonamides is 1. The van der Waals surface area contributed by atoms with Crippen LogP contribution >= 0.6 is 12.2 Å². The van der Waals surface area contributed by atoms with Crippen molar-refractivity contribution in [2.75, 3.05) is 18.4 Å². The van der Waals surface area contributed by atoms with Gasteiger partial charge >= 0.3 is 10.0 Å². The molecule has 1 aliphatic heterocycles. The molecule has 1 aromatic carbocycles. The lowest BCUT2D eigenvalue weighted by Gasteiger charge is -2.11. The molecule has 0 atom stereocenters. The van der Waals surface area contributed by atoms with E-state index >= 15 is 0 Å². The molecular formula is C15H23N4O2S2+.